The SMILES string of the molecule is CC(C)(CCCCC/C=C\CCCCCCC(C)(C)C(=O)O)C(=O)O. The van der Waals surface area contributed by atoms with Crippen LogP contribution in [0.4, 0.5) is 0 Å². The van der Waals surface area contributed by atoms with E-state index in [1.807, 2.05) is 0 Å². The fourth-order valence-corrected chi connectivity index (χ4v) is 2.64. The third kappa shape index (κ3) is 11.8. The van der Waals surface area contributed by atoms with E-state index in [9.17, 15) is 9.59 Å². The number of hydrogen-bond donors (Lipinski definition) is 2. The van der Waals surface area contributed by atoms with Crippen LogP contribution in [-0.2, 0) is 9.59 Å². The Kier molecular flexibility index (Phi) is 11.5. The third-order valence-corrected chi connectivity index (χ3v) is 4.92. The molecule has 25 heavy (non-hydrogen) atoms. The minimum atomic E-state index is -0.709. The van der Waals surface area contributed by atoms with Gasteiger partial charge in [0.25, 0.3) is 0 Å². The molecule has 0 bridgehead atoms. The lowest BCUT2D eigenvalue weighted by molar-refractivity contribution is -0.148. The lowest BCUT2D eigenvalue weighted by Crippen LogP contribution is -2.23. The van der Waals surface area contributed by atoms with Crippen molar-refractivity contribution >= 4 is 11.9 Å². The van der Waals surface area contributed by atoms with Gasteiger partial charge in [-0.2, -0.15) is 0 Å². The summed E-state index contributed by atoms with van der Waals surface area (Å²) >= 11 is 0. The van der Waals surface area contributed by atoms with Crippen molar-refractivity contribution in [2.75, 3.05) is 0 Å². The lowest BCUT2D eigenvalue weighted by atomic mass is 9.87. The van der Waals surface area contributed by atoms with E-state index >= 15 is 0 Å². The number of aliphatic carboxylic acids is 2. The molecule has 0 rings (SSSR count). The number of allylic oxidation sites excluding steroid dienone is 2. The Morgan fingerprint density at radius 1 is 0.640 bits per heavy atom. The van der Waals surface area contributed by atoms with Crippen LogP contribution in [0.3, 0.4) is 0 Å². The topological polar surface area (TPSA) is 74.6 Å². The molecule has 0 radical (unpaired) electrons. The lowest BCUT2D eigenvalue weighted by Gasteiger charge is -2.18. The van der Waals surface area contributed by atoms with Gasteiger partial charge in [-0.25, -0.2) is 0 Å². The highest BCUT2D eigenvalue weighted by atomic mass is 16.4. The first-order valence-corrected chi connectivity index (χ1v) is 9.71. The molecule has 4 heteroatoms. The maximum atomic E-state index is 11.0. The van der Waals surface area contributed by atoms with Gasteiger partial charge in [-0.1, -0.05) is 44.3 Å². The highest BCUT2D eigenvalue weighted by Gasteiger charge is 2.26. The monoisotopic (exact) mass is 354 g/mol. The van der Waals surface area contributed by atoms with Gasteiger partial charge in [-0.05, 0) is 66.2 Å². The Labute approximate surface area is 153 Å². The summed E-state index contributed by atoms with van der Waals surface area (Å²) in [6.45, 7) is 7.16. The van der Waals surface area contributed by atoms with Crippen molar-refractivity contribution in [2.45, 2.75) is 98.3 Å². The summed E-state index contributed by atoms with van der Waals surface area (Å²) in [5, 5.41) is 18.1. The van der Waals surface area contributed by atoms with E-state index in [1.54, 1.807) is 27.7 Å². The van der Waals surface area contributed by atoms with Crippen molar-refractivity contribution in [3.63, 3.8) is 0 Å². The molecule has 0 aromatic heterocycles. The molecule has 146 valence electrons. The molecule has 4 nitrogen and oxygen atoms in total. The average molecular weight is 355 g/mol. The molecule has 0 atom stereocenters. The van der Waals surface area contributed by atoms with E-state index < -0.39 is 22.8 Å². The van der Waals surface area contributed by atoms with Crippen LogP contribution in [0.2, 0.25) is 0 Å². The summed E-state index contributed by atoms with van der Waals surface area (Å²) in [7, 11) is 0. The minimum Gasteiger partial charge on any atom is -0.481 e. The Bertz CT molecular complexity index is 422. The highest BCUT2D eigenvalue weighted by molar-refractivity contribution is 5.73. The first-order valence-electron chi connectivity index (χ1n) is 9.71. The van der Waals surface area contributed by atoms with Crippen LogP contribution in [0.5, 0.6) is 0 Å². The average Bonchev–Trinajstić information content (AvgIpc) is 2.51. The quantitative estimate of drug-likeness (QED) is 0.277. The zero-order valence-corrected chi connectivity index (χ0v) is 16.6. The number of carboxylic acids is 2. The van der Waals surface area contributed by atoms with Crippen molar-refractivity contribution in [3.05, 3.63) is 12.2 Å². The van der Waals surface area contributed by atoms with E-state index in [4.69, 9.17) is 10.2 Å². The first-order chi connectivity index (χ1) is 11.6. The molecule has 0 aliphatic carbocycles. The summed E-state index contributed by atoms with van der Waals surface area (Å²) in [6.07, 6.45) is 15.7. The van der Waals surface area contributed by atoms with Crippen molar-refractivity contribution in [2.24, 2.45) is 10.8 Å². The van der Waals surface area contributed by atoms with E-state index in [0.717, 1.165) is 70.6 Å². The second kappa shape index (κ2) is 12.1. The zero-order chi connectivity index (χ0) is 19.3. The van der Waals surface area contributed by atoms with Crippen LogP contribution in [0.25, 0.3) is 0 Å². The second-order valence-corrected chi connectivity index (χ2v) is 8.40. The smallest absolute Gasteiger partial charge is 0.309 e. The van der Waals surface area contributed by atoms with Crippen LogP contribution in [0.15, 0.2) is 12.2 Å². The number of carboxylic acid groups (broad SMARTS) is 2. The van der Waals surface area contributed by atoms with Gasteiger partial charge in [0.1, 0.15) is 0 Å². The van der Waals surface area contributed by atoms with Crippen LogP contribution >= 0.6 is 0 Å². The molecule has 0 saturated carbocycles. The summed E-state index contributed by atoms with van der Waals surface area (Å²) in [6, 6.07) is 0. The molecule has 0 fully saturated rings. The van der Waals surface area contributed by atoms with E-state index in [1.165, 1.54) is 0 Å². The molecule has 0 unspecified atom stereocenters. The van der Waals surface area contributed by atoms with Crippen LogP contribution in [-0.4, -0.2) is 22.2 Å². The number of carbonyl (C=O) groups is 2. The van der Waals surface area contributed by atoms with Crippen molar-refractivity contribution in [3.8, 4) is 0 Å². The van der Waals surface area contributed by atoms with Gasteiger partial charge < -0.3 is 10.2 Å². The molecule has 0 aromatic rings. The molecule has 0 spiro atoms. The Morgan fingerprint density at radius 3 is 1.32 bits per heavy atom. The molecule has 0 saturated heterocycles. The summed E-state index contributed by atoms with van der Waals surface area (Å²) < 4.78 is 0. The molecule has 0 heterocycles. The number of rotatable bonds is 15. The van der Waals surface area contributed by atoms with Crippen LogP contribution in [0, 0.1) is 10.8 Å². The molecular weight excluding hydrogens is 316 g/mol. The van der Waals surface area contributed by atoms with Gasteiger partial charge in [-0.15, -0.1) is 0 Å². The molecule has 0 amide bonds. The van der Waals surface area contributed by atoms with Gasteiger partial charge in [0.05, 0.1) is 10.8 Å². The van der Waals surface area contributed by atoms with E-state index in [0.29, 0.717) is 0 Å². The number of unbranched alkanes of at least 4 members (excludes halogenated alkanes) is 7. The van der Waals surface area contributed by atoms with E-state index in [2.05, 4.69) is 12.2 Å². The Hall–Kier alpha value is -1.32. The fourth-order valence-electron chi connectivity index (χ4n) is 2.64. The highest BCUT2D eigenvalue weighted by Crippen LogP contribution is 2.25. The van der Waals surface area contributed by atoms with Gasteiger partial charge in [-0.3, -0.25) is 9.59 Å². The summed E-state index contributed by atoms with van der Waals surface area (Å²) in [5.74, 6) is -1.42. The molecule has 0 aliphatic heterocycles. The van der Waals surface area contributed by atoms with Gasteiger partial charge in [0.15, 0.2) is 0 Å². The van der Waals surface area contributed by atoms with Gasteiger partial charge in [0.2, 0.25) is 0 Å². The largest absolute Gasteiger partial charge is 0.481 e. The predicted molar refractivity (Wildman–Crippen MR) is 103 cm³/mol. The Morgan fingerprint density at radius 2 is 0.960 bits per heavy atom. The molecular formula is C21H38O4. The molecule has 2 N–H and O–H groups in total. The van der Waals surface area contributed by atoms with Crippen molar-refractivity contribution in [1.82, 2.24) is 0 Å². The van der Waals surface area contributed by atoms with Crippen molar-refractivity contribution in [1.29, 1.82) is 0 Å². The molecule has 0 aliphatic rings. The van der Waals surface area contributed by atoms with Crippen LogP contribution < -0.4 is 0 Å². The third-order valence-electron chi connectivity index (χ3n) is 4.92. The Balaban J connectivity index is 3.48. The van der Waals surface area contributed by atoms with Gasteiger partial charge >= 0.3 is 11.9 Å². The normalized spacial score (nSPS) is 12.6. The second-order valence-electron chi connectivity index (χ2n) is 8.40. The maximum Gasteiger partial charge on any atom is 0.309 e. The standard InChI is InChI=1S/C21H38O4/c1-20(2,18(22)23)16-14-12-10-8-6-5-7-9-11-13-15-17-21(3,4)19(24)25/h5-6H,7-17H2,1-4H3,(H,22,23)(H,24,25)/b6-5-. The van der Waals surface area contributed by atoms with Gasteiger partial charge in [0, 0.05) is 0 Å². The van der Waals surface area contributed by atoms with E-state index in [-0.39, 0.29) is 0 Å². The maximum absolute atomic E-state index is 11.0. The zero-order valence-electron chi connectivity index (χ0n) is 16.6. The molecule has 0 aromatic carbocycles. The summed E-state index contributed by atoms with van der Waals surface area (Å²) in [5.41, 5.74) is -1.20. The predicted octanol–water partition coefficient (Wildman–Crippen LogP) is 6.06. The van der Waals surface area contributed by atoms with Crippen LogP contribution in [0.1, 0.15) is 98.3 Å². The summed E-state index contributed by atoms with van der Waals surface area (Å²) in [4.78, 5) is 22.0. The number of hydrogen-bond acceptors (Lipinski definition) is 2. The fraction of sp³-hybridized carbons (Fsp3) is 0.810. The van der Waals surface area contributed by atoms with Crippen molar-refractivity contribution < 1.29 is 19.8 Å². The first kappa shape index (κ1) is 23.7. The minimum absolute atomic E-state index is 0.598.